The van der Waals surface area contributed by atoms with Gasteiger partial charge in [0, 0.05) is 11.8 Å². The summed E-state index contributed by atoms with van der Waals surface area (Å²) >= 11 is 0. The number of aromatic amines is 1. The van der Waals surface area contributed by atoms with Crippen molar-refractivity contribution in [2.75, 3.05) is 0 Å². The quantitative estimate of drug-likeness (QED) is 0.574. The van der Waals surface area contributed by atoms with Gasteiger partial charge in [-0.15, -0.1) is 0 Å². The van der Waals surface area contributed by atoms with Crippen molar-refractivity contribution < 1.29 is 18.0 Å². The van der Waals surface area contributed by atoms with Crippen molar-refractivity contribution in [1.82, 2.24) is 15.8 Å². The molecule has 1 heterocycles. The van der Waals surface area contributed by atoms with E-state index in [1.807, 2.05) is 6.92 Å². The molecule has 0 spiro atoms. The molecule has 0 unspecified atom stereocenters. The first kappa shape index (κ1) is 19.4. The van der Waals surface area contributed by atoms with Crippen molar-refractivity contribution in [3.63, 3.8) is 0 Å². The van der Waals surface area contributed by atoms with Crippen LogP contribution in [0.2, 0.25) is 0 Å². The van der Waals surface area contributed by atoms with Crippen LogP contribution in [0, 0.1) is 6.92 Å². The highest BCUT2D eigenvalue weighted by atomic mass is 32.2. The maximum absolute atomic E-state index is 12.5. The molecular weight excluding hydrogens is 378 g/mol. The third-order valence-electron chi connectivity index (χ3n) is 4.09. The number of rotatable bonds is 5. The van der Waals surface area contributed by atoms with Crippen molar-refractivity contribution in [2.45, 2.75) is 17.6 Å². The van der Waals surface area contributed by atoms with Gasteiger partial charge in [-0.2, -0.15) is 0 Å². The van der Waals surface area contributed by atoms with E-state index in [4.69, 9.17) is 0 Å². The van der Waals surface area contributed by atoms with E-state index in [2.05, 4.69) is 15.8 Å². The molecular formula is C20H19N3O4S. The lowest BCUT2D eigenvalue weighted by atomic mass is 10.1. The summed E-state index contributed by atoms with van der Waals surface area (Å²) in [5, 5.41) is 0. The van der Waals surface area contributed by atoms with Crippen LogP contribution in [-0.2, 0) is 15.6 Å². The van der Waals surface area contributed by atoms with Crippen LogP contribution in [0.5, 0.6) is 0 Å². The lowest BCUT2D eigenvalue weighted by Gasteiger charge is -2.08. The maximum Gasteiger partial charge on any atom is 0.286 e. The number of H-pyrrole nitrogens is 1. The second kappa shape index (κ2) is 8.10. The van der Waals surface area contributed by atoms with E-state index in [9.17, 15) is 18.0 Å². The number of carbonyl (C=O) groups is 2. The van der Waals surface area contributed by atoms with Gasteiger partial charge in [0.2, 0.25) is 0 Å². The number of sulfone groups is 1. The molecule has 0 aliphatic heterocycles. The van der Waals surface area contributed by atoms with E-state index >= 15 is 0 Å². The maximum atomic E-state index is 12.5. The average molecular weight is 397 g/mol. The largest absolute Gasteiger partial charge is 0.357 e. The lowest BCUT2D eigenvalue weighted by Crippen LogP contribution is -2.41. The highest BCUT2D eigenvalue weighted by Gasteiger charge is 2.16. The number of hydrazine groups is 1. The fourth-order valence-corrected chi connectivity index (χ4v) is 3.87. The van der Waals surface area contributed by atoms with Gasteiger partial charge in [0.05, 0.1) is 10.6 Å². The Labute approximate surface area is 162 Å². The molecule has 0 fully saturated rings. The Kier molecular flexibility index (Phi) is 5.60. The molecule has 144 valence electrons. The third-order valence-corrected chi connectivity index (χ3v) is 5.79. The summed E-state index contributed by atoms with van der Waals surface area (Å²) < 4.78 is 25.0. The second-order valence-corrected chi connectivity index (χ2v) is 8.25. The first-order chi connectivity index (χ1) is 13.3. The number of hydrogen-bond acceptors (Lipinski definition) is 4. The number of nitrogens with one attached hydrogen (secondary N) is 3. The predicted molar refractivity (Wildman–Crippen MR) is 104 cm³/mol. The van der Waals surface area contributed by atoms with Crippen molar-refractivity contribution in [2.24, 2.45) is 0 Å². The molecule has 0 bridgehead atoms. The molecule has 2 aromatic carbocycles. The van der Waals surface area contributed by atoms with Gasteiger partial charge in [-0.05, 0) is 48.9 Å². The van der Waals surface area contributed by atoms with E-state index in [-0.39, 0.29) is 10.6 Å². The second-order valence-electron chi connectivity index (χ2n) is 6.26. The zero-order chi connectivity index (χ0) is 20.1. The molecule has 0 aliphatic carbocycles. The first-order valence-corrected chi connectivity index (χ1v) is 10.1. The molecule has 28 heavy (non-hydrogen) atoms. The van der Waals surface area contributed by atoms with Crippen molar-refractivity contribution in [1.29, 1.82) is 0 Å². The molecule has 7 nitrogen and oxygen atoms in total. The molecule has 8 heteroatoms. The number of carbonyl (C=O) groups excluding carboxylic acids is 2. The van der Waals surface area contributed by atoms with Gasteiger partial charge < -0.3 is 4.98 Å². The molecule has 2 amide bonds. The Morgan fingerprint density at radius 3 is 2.14 bits per heavy atom. The SMILES string of the molecule is Cc1ccc(S(=O)(=O)Cc2ccc(C(=O)NNC(=O)c3ccc[nH]3)cc2)cc1. The Morgan fingerprint density at radius 2 is 1.54 bits per heavy atom. The van der Waals surface area contributed by atoms with Crippen molar-refractivity contribution in [3.05, 3.63) is 89.2 Å². The van der Waals surface area contributed by atoms with Gasteiger partial charge in [-0.25, -0.2) is 8.42 Å². The summed E-state index contributed by atoms with van der Waals surface area (Å²) in [4.78, 5) is 26.9. The minimum absolute atomic E-state index is 0.165. The summed E-state index contributed by atoms with van der Waals surface area (Å²) in [6, 6.07) is 16.1. The van der Waals surface area contributed by atoms with Gasteiger partial charge in [-0.1, -0.05) is 29.8 Å². The number of benzene rings is 2. The summed E-state index contributed by atoms with van der Waals surface area (Å²) in [6.07, 6.45) is 1.60. The number of aryl methyl sites for hydroxylation is 1. The van der Waals surface area contributed by atoms with Gasteiger partial charge in [0.25, 0.3) is 11.8 Å². The fraction of sp³-hybridized carbons (Fsp3) is 0.100. The molecule has 0 radical (unpaired) electrons. The van der Waals surface area contributed by atoms with Gasteiger partial charge in [0.1, 0.15) is 5.69 Å². The number of amides is 2. The van der Waals surface area contributed by atoms with E-state index in [0.717, 1.165) is 5.56 Å². The smallest absolute Gasteiger partial charge is 0.286 e. The minimum atomic E-state index is -3.47. The summed E-state index contributed by atoms with van der Waals surface area (Å²) in [5.74, 6) is -1.14. The van der Waals surface area contributed by atoms with Gasteiger partial charge >= 0.3 is 0 Å². The molecule has 3 rings (SSSR count). The topological polar surface area (TPSA) is 108 Å². The number of aromatic nitrogens is 1. The molecule has 0 aliphatic rings. The first-order valence-electron chi connectivity index (χ1n) is 8.47. The van der Waals surface area contributed by atoms with Crippen LogP contribution in [0.15, 0.2) is 71.8 Å². The van der Waals surface area contributed by atoms with E-state index in [0.29, 0.717) is 16.8 Å². The van der Waals surface area contributed by atoms with Crippen LogP contribution >= 0.6 is 0 Å². The van der Waals surface area contributed by atoms with Crippen molar-refractivity contribution >= 4 is 21.7 Å². The average Bonchev–Trinajstić information content (AvgIpc) is 3.21. The van der Waals surface area contributed by atoms with Crippen LogP contribution in [0.4, 0.5) is 0 Å². The molecule has 0 saturated heterocycles. The zero-order valence-corrected chi connectivity index (χ0v) is 15.9. The predicted octanol–water partition coefficient (Wildman–Crippen LogP) is 2.37. The van der Waals surface area contributed by atoms with Crippen LogP contribution in [-0.4, -0.2) is 25.2 Å². The van der Waals surface area contributed by atoms with E-state index in [1.54, 1.807) is 54.7 Å². The Bertz CT molecular complexity index is 1070. The molecule has 0 atom stereocenters. The van der Waals surface area contributed by atoms with Crippen LogP contribution < -0.4 is 10.9 Å². The Hall–Kier alpha value is -3.39. The molecule has 3 aromatic rings. The normalized spacial score (nSPS) is 11.0. The monoisotopic (exact) mass is 397 g/mol. The van der Waals surface area contributed by atoms with E-state index in [1.165, 1.54) is 12.1 Å². The number of hydrogen-bond donors (Lipinski definition) is 3. The lowest BCUT2D eigenvalue weighted by molar-refractivity contribution is 0.0844. The third kappa shape index (κ3) is 4.66. The Balaban J connectivity index is 1.62. The molecule has 0 saturated carbocycles. The zero-order valence-electron chi connectivity index (χ0n) is 15.1. The highest BCUT2D eigenvalue weighted by Crippen LogP contribution is 2.17. The highest BCUT2D eigenvalue weighted by molar-refractivity contribution is 7.90. The van der Waals surface area contributed by atoms with Crippen LogP contribution in [0.1, 0.15) is 32.0 Å². The summed E-state index contributed by atoms with van der Waals surface area (Å²) in [5.41, 5.74) is 6.76. The Morgan fingerprint density at radius 1 is 0.893 bits per heavy atom. The summed E-state index contributed by atoms with van der Waals surface area (Å²) in [6.45, 7) is 1.89. The van der Waals surface area contributed by atoms with Crippen LogP contribution in [0.3, 0.4) is 0 Å². The molecule has 3 N–H and O–H groups in total. The minimum Gasteiger partial charge on any atom is -0.357 e. The fourth-order valence-electron chi connectivity index (χ4n) is 2.53. The summed E-state index contributed by atoms with van der Waals surface area (Å²) in [7, 11) is -3.47. The van der Waals surface area contributed by atoms with Crippen molar-refractivity contribution in [3.8, 4) is 0 Å². The van der Waals surface area contributed by atoms with E-state index < -0.39 is 21.7 Å². The van der Waals surface area contributed by atoms with Crippen LogP contribution in [0.25, 0.3) is 0 Å². The molecule has 1 aromatic heterocycles. The van der Waals surface area contributed by atoms with Gasteiger partial charge in [0.15, 0.2) is 9.84 Å². The van der Waals surface area contributed by atoms with Gasteiger partial charge in [-0.3, -0.25) is 20.4 Å². The standard InChI is InChI=1S/C20H19N3O4S/c1-14-4-10-17(11-5-14)28(26,27)13-15-6-8-16(9-7-15)19(24)22-23-20(25)18-3-2-12-21-18/h2-12,21H,13H2,1H3,(H,22,24)(H,23,25).